The topological polar surface area (TPSA) is 54.3 Å². The number of rotatable bonds is 3. The summed E-state index contributed by atoms with van der Waals surface area (Å²) in [5.74, 6) is -0.813. The van der Waals surface area contributed by atoms with E-state index in [2.05, 4.69) is 17.5 Å². The van der Waals surface area contributed by atoms with E-state index in [0.29, 0.717) is 0 Å². The van der Waals surface area contributed by atoms with Gasteiger partial charge in [-0.15, -0.1) is 0 Å². The second-order valence-corrected chi connectivity index (χ2v) is 4.77. The molecular weight excluding hydrogens is 240 g/mol. The number of para-hydroxylation sites is 1. The van der Waals surface area contributed by atoms with Crippen LogP contribution in [-0.4, -0.2) is 28.7 Å². The van der Waals surface area contributed by atoms with Crippen LogP contribution in [0.1, 0.15) is 12.0 Å². The molecule has 0 saturated heterocycles. The Kier molecular flexibility index (Phi) is 3.09. The maximum absolute atomic E-state index is 11.0. The predicted molar refractivity (Wildman–Crippen MR) is 75.0 cm³/mol. The molecule has 19 heavy (non-hydrogen) atoms. The van der Waals surface area contributed by atoms with Crippen molar-refractivity contribution in [1.29, 1.82) is 0 Å². The average molecular weight is 256 g/mol. The smallest absolute Gasteiger partial charge is 0.323 e. The molecule has 0 fully saturated rings. The Hall–Kier alpha value is -2.07. The zero-order chi connectivity index (χ0) is 13.2. The molecule has 0 spiro atoms. The van der Waals surface area contributed by atoms with Gasteiger partial charge in [-0.05, 0) is 24.6 Å². The van der Waals surface area contributed by atoms with Crippen molar-refractivity contribution in [2.24, 2.45) is 0 Å². The van der Waals surface area contributed by atoms with Gasteiger partial charge in [0.25, 0.3) is 0 Å². The first-order valence-electron chi connectivity index (χ1n) is 6.45. The van der Waals surface area contributed by atoms with Crippen molar-refractivity contribution < 1.29 is 9.90 Å². The minimum Gasteiger partial charge on any atom is -0.480 e. The number of benzene rings is 1. The third-order valence-electron chi connectivity index (χ3n) is 3.50. The van der Waals surface area contributed by atoms with Gasteiger partial charge < -0.3 is 15.0 Å². The Bertz CT molecular complexity index is 655. The van der Waals surface area contributed by atoms with Crippen LogP contribution >= 0.6 is 0 Å². The zero-order valence-electron chi connectivity index (χ0n) is 10.6. The van der Waals surface area contributed by atoms with Gasteiger partial charge >= 0.3 is 5.97 Å². The lowest BCUT2D eigenvalue weighted by Crippen LogP contribution is -2.19. The van der Waals surface area contributed by atoms with Crippen LogP contribution in [0.25, 0.3) is 16.5 Å². The third-order valence-corrected chi connectivity index (χ3v) is 3.50. The van der Waals surface area contributed by atoms with E-state index in [4.69, 9.17) is 5.11 Å². The van der Waals surface area contributed by atoms with Crippen molar-refractivity contribution in [3.8, 4) is 0 Å². The van der Waals surface area contributed by atoms with Crippen molar-refractivity contribution in [1.82, 2.24) is 9.88 Å². The molecule has 0 aliphatic carbocycles. The number of aliphatic carboxylic acids is 1. The van der Waals surface area contributed by atoms with E-state index in [-0.39, 0.29) is 6.54 Å². The lowest BCUT2D eigenvalue weighted by molar-refractivity contribution is -0.137. The fraction of sp³-hybridized carbons (Fsp3) is 0.267. The highest BCUT2D eigenvalue weighted by atomic mass is 16.4. The summed E-state index contributed by atoms with van der Waals surface area (Å²) in [5, 5.41) is 13.4. The third kappa shape index (κ3) is 2.27. The van der Waals surface area contributed by atoms with Gasteiger partial charge in [-0.25, -0.2) is 0 Å². The number of nitrogens with one attached hydrogen (secondary N) is 1. The standard InChI is InChI=1S/C15H16N2O2/c18-15(19)10-17-9-13(11-5-7-16-8-6-11)12-3-1-2-4-14(12)17/h1-5,9,16H,6-8,10H2,(H,18,19). The summed E-state index contributed by atoms with van der Waals surface area (Å²) in [4.78, 5) is 11.0. The number of aromatic nitrogens is 1. The number of hydrogen-bond donors (Lipinski definition) is 2. The van der Waals surface area contributed by atoms with Gasteiger partial charge in [0.2, 0.25) is 0 Å². The number of nitrogens with zero attached hydrogens (tertiary/aromatic N) is 1. The van der Waals surface area contributed by atoms with Crippen LogP contribution in [0.3, 0.4) is 0 Å². The molecule has 0 atom stereocenters. The monoisotopic (exact) mass is 256 g/mol. The fourth-order valence-corrected chi connectivity index (χ4v) is 2.65. The number of carbonyl (C=O) groups is 1. The molecule has 98 valence electrons. The summed E-state index contributed by atoms with van der Waals surface area (Å²) in [6.07, 6.45) is 5.15. The summed E-state index contributed by atoms with van der Waals surface area (Å²) in [6, 6.07) is 7.98. The minimum atomic E-state index is -0.813. The molecule has 3 rings (SSSR count). The van der Waals surface area contributed by atoms with Gasteiger partial charge in [0.05, 0.1) is 0 Å². The molecule has 1 aliphatic heterocycles. The first-order chi connectivity index (χ1) is 9.25. The molecule has 0 radical (unpaired) electrons. The Morgan fingerprint density at radius 1 is 1.37 bits per heavy atom. The predicted octanol–water partition coefficient (Wildman–Crippen LogP) is 2.10. The van der Waals surface area contributed by atoms with Crippen molar-refractivity contribution in [3.05, 3.63) is 42.1 Å². The lowest BCUT2D eigenvalue weighted by atomic mass is 10.00. The highest BCUT2D eigenvalue weighted by molar-refractivity contribution is 5.94. The molecule has 1 aromatic heterocycles. The lowest BCUT2D eigenvalue weighted by Gasteiger charge is -2.13. The molecule has 0 amide bonds. The van der Waals surface area contributed by atoms with E-state index in [1.807, 2.05) is 29.0 Å². The normalized spacial score (nSPS) is 15.5. The summed E-state index contributed by atoms with van der Waals surface area (Å²) in [5.41, 5.74) is 3.46. The second-order valence-electron chi connectivity index (χ2n) is 4.77. The Balaban J connectivity index is 2.14. The van der Waals surface area contributed by atoms with E-state index in [1.54, 1.807) is 0 Å². The van der Waals surface area contributed by atoms with Crippen molar-refractivity contribution in [2.75, 3.05) is 13.1 Å². The summed E-state index contributed by atoms with van der Waals surface area (Å²) < 4.78 is 1.82. The van der Waals surface area contributed by atoms with E-state index >= 15 is 0 Å². The largest absolute Gasteiger partial charge is 0.480 e. The highest BCUT2D eigenvalue weighted by Crippen LogP contribution is 2.29. The summed E-state index contributed by atoms with van der Waals surface area (Å²) in [7, 11) is 0. The van der Waals surface area contributed by atoms with Crippen molar-refractivity contribution in [2.45, 2.75) is 13.0 Å². The quantitative estimate of drug-likeness (QED) is 0.884. The maximum Gasteiger partial charge on any atom is 0.323 e. The second kappa shape index (κ2) is 4.90. The Morgan fingerprint density at radius 3 is 2.95 bits per heavy atom. The molecule has 2 heterocycles. The number of hydrogen-bond acceptors (Lipinski definition) is 2. The summed E-state index contributed by atoms with van der Waals surface area (Å²) >= 11 is 0. The van der Waals surface area contributed by atoms with Gasteiger partial charge in [0.1, 0.15) is 6.54 Å². The first kappa shape index (κ1) is 12.0. The van der Waals surface area contributed by atoms with Crippen LogP contribution in [-0.2, 0) is 11.3 Å². The summed E-state index contributed by atoms with van der Waals surface area (Å²) in [6.45, 7) is 1.87. The van der Waals surface area contributed by atoms with Crippen LogP contribution in [0, 0.1) is 0 Å². The Labute approximate surface area is 111 Å². The fourth-order valence-electron chi connectivity index (χ4n) is 2.65. The Morgan fingerprint density at radius 2 is 2.21 bits per heavy atom. The van der Waals surface area contributed by atoms with Crippen molar-refractivity contribution >= 4 is 22.4 Å². The van der Waals surface area contributed by atoms with Crippen LogP contribution in [0.5, 0.6) is 0 Å². The van der Waals surface area contributed by atoms with Crippen LogP contribution < -0.4 is 5.32 Å². The van der Waals surface area contributed by atoms with Gasteiger partial charge in [0.15, 0.2) is 0 Å². The SMILES string of the molecule is O=C(O)Cn1cc(C2=CCNCC2)c2ccccc21. The highest BCUT2D eigenvalue weighted by Gasteiger charge is 2.14. The van der Waals surface area contributed by atoms with Crippen LogP contribution in [0.15, 0.2) is 36.5 Å². The number of fused-ring (bicyclic) bond motifs is 1. The van der Waals surface area contributed by atoms with Gasteiger partial charge in [-0.1, -0.05) is 24.3 Å². The van der Waals surface area contributed by atoms with E-state index in [1.165, 1.54) is 11.1 Å². The first-order valence-corrected chi connectivity index (χ1v) is 6.45. The van der Waals surface area contributed by atoms with Crippen molar-refractivity contribution in [3.63, 3.8) is 0 Å². The van der Waals surface area contributed by atoms with Gasteiger partial charge in [-0.3, -0.25) is 4.79 Å². The van der Waals surface area contributed by atoms with E-state index in [9.17, 15) is 4.79 Å². The molecule has 1 aromatic carbocycles. The van der Waals surface area contributed by atoms with Crippen LogP contribution in [0.4, 0.5) is 0 Å². The molecule has 1 aliphatic rings. The molecule has 0 unspecified atom stereocenters. The zero-order valence-corrected chi connectivity index (χ0v) is 10.6. The number of carboxylic acids is 1. The molecule has 0 saturated carbocycles. The molecule has 2 N–H and O–H groups in total. The van der Waals surface area contributed by atoms with Gasteiger partial charge in [0, 0.05) is 29.2 Å². The van der Waals surface area contributed by atoms with Gasteiger partial charge in [-0.2, -0.15) is 0 Å². The molecular formula is C15H16N2O2. The molecule has 4 nitrogen and oxygen atoms in total. The van der Waals surface area contributed by atoms with E-state index in [0.717, 1.165) is 30.4 Å². The molecule has 4 heteroatoms. The number of carboxylic acid groups (broad SMARTS) is 1. The van der Waals surface area contributed by atoms with Crippen LogP contribution in [0.2, 0.25) is 0 Å². The maximum atomic E-state index is 11.0. The molecule has 0 bridgehead atoms. The van der Waals surface area contributed by atoms with E-state index < -0.39 is 5.97 Å². The average Bonchev–Trinajstić information content (AvgIpc) is 2.78. The minimum absolute atomic E-state index is 0.00600. The molecule has 2 aromatic rings.